The number of rotatable bonds is 1. The zero-order valence-electron chi connectivity index (χ0n) is 11.3. The number of aromatic nitrogens is 2. The van der Waals surface area contributed by atoms with E-state index in [2.05, 4.69) is 39.6 Å². The number of aromatic amines is 1. The van der Waals surface area contributed by atoms with Crippen molar-refractivity contribution < 1.29 is 4.74 Å². The summed E-state index contributed by atoms with van der Waals surface area (Å²) in [5, 5.41) is 3.77. The molecule has 0 saturated carbocycles. The minimum Gasteiger partial charge on any atom is -0.492 e. The van der Waals surface area contributed by atoms with E-state index in [0.29, 0.717) is 11.9 Å². The molecule has 0 radical (unpaired) electrons. The van der Waals surface area contributed by atoms with Gasteiger partial charge in [0.15, 0.2) is 0 Å². The molecule has 4 nitrogen and oxygen atoms in total. The first-order valence-corrected chi connectivity index (χ1v) is 7.29. The monoisotopic (exact) mass is 299 g/mol. The molecule has 4 rings (SSSR count). The lowest BCUT2D eigenvalue weighted by atomic mass is 10.0. The van der Waals surface area contributed by atoms with Gasteiger partial charge in [-0.3, -0.25) is 0 Å². The maximum atomic E-state index is 5.90. The first kappa shape index (κ1) is 12.7. The number of nitrogens with one attached hydrogen (secondary N) is 2. The van der Waals surface area contributed by atoms with Gasteiger partial charge in [-0.2, -0.15) is 0 Å². The predicted octanol–water partition coefficient (Wildman–Crippen LogP) is 3.37. The number of benzene rings is 2. The van der Waals surface area contributed by atoms with Crippen molar-refractivity contribution in [1.29, 1.82) is 0 Å². The van der Waals surface area contributed by atoms with E-state index in [9.17, 15) is 0 Å². The fourth-order valence-corrected chi connectivity index (χ4v) is 2.85. The maximum absolute atomic E-state index is 5.90. The molecule has 2 N–H and O–H groups in total. The van der Waals surface area contributed by atoms with Crippen LogP contribution in [-0.4, -0.2) is 23.1 Å². The lowest BCUT2D eigenvalue weighted by molar-refractivity contribution is 0.326. The number of hydrogen-bond donors (Lipinski definition) is 2. The Balaban J connectivity index is 1.78. The van der Waals surface area contributed by atoms with Crippen LogP contribution in [0.4, 0.5) is 0 Å². The predicted molar refractivity (Wildman–Crippen MR) is 83.7 cm³/mol. The van der Waals surface area contributed by atoms with E-state index in [1.807, 2.05) is 12.1 Å². The van der Waals surface area contributed by atoms with Gasteiger partial charge in [-0.05, 0) is 47.0 Å². The van der Waals surface area contributed by atoms with E-state index in [-0.39, 0.29) is 0 Å². The van der Waals surface area contributed by atoms with Gasteiger partial charge in [0, 0.05) is 18.7 Å². The van der Waals surface area contributed by atoms with Gasteiger partial charge in [0.1, 0.15) is 12.4 Å². The Bertz CT molecular complexity index is 812. The third-order valence-electron chi connectivity index (χ3n) is 3.70. The van der Waals surface area contributed by atoms with Crippen LogP contribution < -0.4 is 10.1 Å². The molecule has 0 bridgehead atoms. The third kappa shape index (κ3) is 2.37. The Labute approximate surface area is 127 Å². The Kier molecular flexibility index (Phi) is 3.05. The highest BCUT2D eigenvalue weighted by Crippen LogP contribution is 2.29. The van der Waals surface area contributed by atoms with E-state index in [0.717, 1.165) is 41.0 Å². The highest BCUT2D eigenvalue weighted by Gasteiger charge is 2.10. The second kappa shape index (κ2) is 5.06. The van der Waals surface area contributed by atoms with Crippen LogP contribution in [0.3, 0.4) is 0 Å². The van der Waals surface area contributed by atoms with Crippen molar-refractivity contribution in [2.45, 2.75) is 6.54 Å². The van der Waals surface area contributed by atoms with Crippen LogP contribution in [0.5, 0.6) is 5.75 Å². The third-order valence-corrected chi connectivity index (χ3v) is 3.88. The van der Waals surface area contributed by atoms with Gasteiger partial charge in [-0.1, -0.05) is 12.1 Å². The van der Waals surface area contributed by atoms with Crippen LogP contribution in [0.25, 0.3) is 22.2 Å². The number of ether oxygens (including phenoxy) is 1. The van der Waals surface area contributed by atoms with Crippen LogP contribution in [0.1, 0.15) is 5.56 Å². The molecule has 0 amide bonds. The van der Waals surface area contributed by atoms with Gasteiger partial charge < -0.3 is 15.0 Å². The van der Waals surface area contributed by atoms with E-state index >= 15 is 0 Å². The van der Waals surface area contributed by atoms with Crippen molar-refractivity contribution in [2.75, 3.05) is 13.2 Å². The minimum absolute atomic E-state index is 0.418. The quantitative estimate of drug-likeness (QED) is 0.724. The number of hydrogen-bond acceptors (Lipinski definition) is 3. The largest absolute Gasteiger partial charge is 0.492 e. The smallest absolute Gasteiger partial charge is 0.201 e. The van der Waals surface area contributed by atoms with Crippen molar-refractivity contribution in [3.05, 3.63) is 47.2 Å². The fraction of sp³-hybridized carbons (Fsp3) is 0.188. The standard InChI is InChI=1S/C16H14ClN3O/c17-16-19-13-3-1-11(8-14(13)20-16)10-2-4-15-12(7-10)9-18-5-6-21-15/h1-4,7-8,18H,5-6,9H2,(H,19,20). The normalized spacial score (nSPS) is 14.5. The van der Waals surface area contributed by atoms with Crippen molar-refractivity contribution >= 4 is 22.6 Å². The summed E-state index contributed by atoms with van der Waals surface area (Å²) in [5.74, 6) is 0.967. The fourth-order valence-electron chi connectivity index (χ4n) is 2.65. The average Bonchev–Trinajstić information content (AvgIpc) is 2.71. The molecule has 1 aliphatic heterocycles. The van der Waals surface area contributed by atoms with Crippen LogP contribution in [0.2, 0.25) is 5.28 Å². The summed E-state index contributed by atoms with van der Waals surface area (Å²) < 4.78 is 5.72. The van der Waals surface area contributed by atoms with Gasteiger partial charge in [-0.15, -0.1) is 0 Å². The molecule has 1 aromatic heterocycles. The molecule has 21 heavy (non-hydrogen) atoms. The van der Waals surface area contributed by atoms with E-state index in [1.54, 1.807) is 0 Å². The molecule has 1 aliphatic rings. The zero-order valence-corrected chi connectivity index (χ0v) is 12.1. The second-order valence-electron chi connectivity index (χ2n) is 5.11. The maximum Gasteiger partial charge on any atom is 0.201 e. The molecular formula is C16H14ClN3O. The number of nitrogens with zero attached hydrogens (tertiary/aromatic N) is 1. The van der Waals surface area contributed by atoms with Crippen molar-refractivity contribution in [1.82, 2.24) is 15.3 Å². The van der Waals surface area contributed by atoms with Crippen LogP contribution in [-0.2, 0) is 6.54 Å². The second-order valence-corrected chi connectivity index (χ2v) is 5.47. The average molecular weight is 300 g/mol. The Hall–Kier alpha value is -2.04. The van der Waals surface area contributed by atoms with Crippen molar-refractivity contribution in [3.63, 3.8) is 0 Å². The van der Waals surface area contributed by atoms with E-state index < -0.39 is 0 Å². The minimum atomic E-state index is 0.418. The van der Waals surface area contributed by atoms with Gasteiger partial charge in [0.05, 0.1) is 11.0 Å². The van der Waals surface area contributed by atoms with Crippen molar-refractivity contribution in [2.24, 2.45) is 0 Å². The van der Waals surface area contributed by atoms with Crippen LogP contribution >= 0.6 is 11.6 Å². The molecule has 0 saturated heterocycles. The number of imidazole rings is 1. The van der Waals surface area contributed by atoms with Gasteiger partial charge >= 0.3 is 0 Å². The zero-order chi connectivity index (χ0) is 14.2. The van der Waals surface area contributed by atoms with E-state index in [4.69, 9.17) is 16.3 Å². The highest BCUT2D eigenvalue weighted by molar-refractivity contribution is 6.29. The Morgan fingerprint density at radius 3 is 2.90 bits per heavy atom. The summed E-state index contributed by atoms with van der Waals surface area (Å²) in [6.45, 7) is 2.43. The molecular weight excluding hydrogens is 286 g/mol. The van der Waals surface area contributed by atoms with Gasteiger partial charge in [-0.25, -0.2) is 4.98 Å². The summed E-state index contributed by atoms with van der Waals surface area (Å²) >= 11 is 5.90. The summed E-state index contributed by atoms with van der Waals surface area (Å²) in [6.07, 6.45) is 0. The van der Waals surface area contributed by atoms with Crippen LogP contribution in [0.15, 0.2) is 36.4 Å². The summed E-state index contributed by atoms with van der Waals surface area (Å²) in [4.78, 5) is 7.27. The van der Waals surface area contributed by atoms with E-state index in [1.165, 1.54) is 5.56 Å². The Morgan fingerprint density at radius 2 is 1.95 bits per heavy atom. The molecule has 106 valence electrons. The first-order valence-electron chi connectivity index (χ1n) is 6.92. The number of H-pyrrole nitrogens is 1. The molecule has 0 aliphatic carbocycles. The van der Waals surface area contributed by atoms with Gasteiger partial charge in [0.25, 0.3) is 0 Å². The molecule has 5 heteroatoms. The number of fused-ring (bicyclic) bond motifs is 2. The lowest BCUT2D eigenvalue weighted by Crippen LogP contribution is -2.16. The molecule has 2 aromatic carbocycles. The molecule has 2 heterocycles. The molecule has 0 fully saturated rings. The molecule has 3 aromatic rings. The topological polar surface area (TPSA) is 49.9 Å². The van der Waals surface area contributed by atoms with Crippen molar-refractivity contribution in [3.8, 4) is 16.9 Å². The molecule has 0 unspecified atom stereocenters. The summed E-state index contributed by atoms with van der Waals surface area (Å²) in [6, 6.07) is 12.4. The molecule has 0 spiro atoms. The van der Waals surface area contributed by atoms with Crippen LogP contribution in [0, 0.1) is 0 Å². The Morgan fingerprint density at radius 1 is 1.10 bits per heavy atom. The summed E-state index contributed by atoms with van der Waals surface area (Å²) in [5.41, 5.74) is 5.31. The highest BCUT2D eigenvalue weighted by atomic mass is 35.5. The summed E-state index contributed by atoms with van der Waals surface area (Å²) in [7, 11) is 0. The first-order chi connectivity index (χ1) is 10.3. The van der Waals surface area contributed by atoms with Gasteiger partial charge in [0.2, 0.25) is 5.28 Å². The lowest BCUT2D eigenvalue weighted by Gasteiger charge is -2.09. The molecule has 0 atom stereocenters. The SMILES string of the molecule is Clc1nc2ccc(-c3ccc4c(c3)CNCCO4)cc2[nH]1. The number of halogens is 1.